The van der Waals surface area contributed by atoms with Crippen molar-refractivity contribution in [3.8, 4) is 0 Å². The van der Waals surface area contributed by atoms with Crippen molar-refractivity contribution in [2.75, 3.05) is 24.5 Å². The Morgan fingerprint density at radius 3 is 2.52 bits per heavy atom. The highest BCUT2D eigenvalue weighted by Crippen LogP contribution is 2.37. The van der Waals surface area contributed by atoms with E-state index < -0.39 is 0 Å². The van der Waals surface area contributed by atoms with Crippen LogP contribution in [0.4, 0.5) is 5.13 Å². The predicted molar refractivity (Wildman–Crippen MR) is 93.4 cm³/mol. The molecule has 1 aromatic rings. The molecule has 0 radical (unpaired) electrons. The zero-order valence-corrected chi connectivity index (χ0v) is 15.3. The summed E-state index contributed by atoms with van der Waals surface area (Å²) >= 11 is 1.89. The highest BCUT2D eigenvalue weighted by Gasteiger charge is 2.31. The highest BCUT2D eigenvalue weighted by molar-refractivity contribution is 7.15. The maximum Gasteiger partial charge on any atom is 0.185 e. The normalized spacial score (nSPS) is 18.2. The maximum absolute atomic E-state index is 4.96. The van der Waals surface area contributed by atoms with Crippen molar-refractivity contribution in [3.63, 3.8) is 0 Å². The van der Waals surface area contributed by atoms with Gasteiger partial charge >= 0.3 is 0 Å². The molecule has 1 aromatic heterocycles. The molecule has 0 aliphatic carbocycles. The average Bonchev–Trinajstić information content (AvgIpc) is 2.92. The van der Waals surface area contributed by atoms with Crippen LogP contribution in [0, 0.1) is 11.3 Å². The Hall–Kier alpha value is -0.610. The molecule has 1 fully saturated rings. The zero-order valence-electron chi connectivity index (χ0n) is 14.5. The van der Waals surface area contributed by atoms with Gasteiger partial charge in [-0.25, -0.2) is 4.98 Å². The van der Waals surface area contributed by atoms with E-state index in [9.17, 15) is 0 Å². The summed E-state index contributed by atoms with van der Waals surface area (Å²) in [6, 6.07) is 0. The Balaban J connectivity index is 2.10. The Labute approximate surface area is 134 Å². The lowest BCUT2D eigenvalue weighted by atomic mass is 9.93. The molecule has 0 amide bonds. The number of nitrogens with zero attached hydrogens (tertiary/aromatic N) is 2. The van der Waals surface area contributed by atoms with Crippen LogP contribution >= 0.6 is 11.3 Å². The first-order valence-corrected chi connectivity index (χ1v) is 9.05. The molecule has 1 saturated heterocycles. The molecule has 4 heteroatoms. The van der Waals surface area contributed by atoms with Gasteiger partial charge < -0.3 is 10.2 Å². The van der Waals surface area contributed by atoms with Gasteiger partial charge in [0.25, 0.3) is 0 Å². The van der Waals surface area contributed by atoms with Crippen LogP contribution in [-0.4, -0.2) is 24.6 Å². The van der Waals surface area contributed by atoms with Crippen LogP contribution in [0.1, 0.15) is 64.5 Å². The maximum atomic E-state index is 4.96. The summed E-state index contributed by atoms with van der Waals surface area (Å²) in [5, 5.41) is 4.80. The summed E-state index contributed by atoms with van der Waals surface area (Å²) in [7, 11) is 0. The molecule has 120 valence electrons. The van der Waals surface area contributed by atoms with E-state index in [4.69, 9.17) is 4.98 Å². The van der Waals surface area contributed by atoms with Crippen molar-refractivity contribution in [2.24, 2.45) is 11.3 Å². The summed E-state index contributed by atoms with van der Waals surface area (Å²) in [6.07, 6.45) is 1.27. The first-order valence-electron chi connectivity index (χ1n) is 8.24. The molecular weight excluding hydrogens is 278 g/mol. The number of hydrogen-bond acceptors (Lipinski definition) is 4. The molecule has 2 heterocycles. The van der Waals surface area contributed by atoms with E-state index in [0.29, 0.717) is 17.3 Å². The smallest absolute Gasteiger partial charge is 0.185 e. The fraction of sp³-hybridized carbons (Fsp3) is 0.824. The van der Waals surface area contributed by atoms with Crippen molar-refractivity contribution < 1.29 is 0 Å². The van der Waals surface area contributed by atoms with E-state index in [1.54, 1.807) is 0 Å². The topological polar surface area (TPSA) is 28.2 Å². The molecule has 1 N–H and O–H groups in total. The van der Waals surface area contributed by atoms with Crippen LogP contribution in [0.2, 0.25) is 0 Å². The molecule has 0 bridgehead atoms. The van der Waals surface area contributed by atoms with Crippen molar-refractivity contribution >= 4 is 16.5 Å². The molecule has 1 aliphatic rings. The SMILES string of the molecule is CC(C)CNCc1sc(N2CCC(C)(C)C2)nc1C(C)C. The summed E-state index contributed by atoms with van der Waals surface area (Å²) in [5.74, 6) is 1.20. The van der Waals surface area contributed by atoms with Gasteiger partial charge in [-0.3, -0.25) is 0 Å². The van der Waals surface area contributed by atoms with Gasteiger partial charge in [0.2, 0.25) is 0 Å². The summed E-state index contributed by atoms with van der Waals surface area (Å²) < 4.78 is 0. The third-order valence-electron chi connectivity index (χ3n) is 4.05. The van der Waals surface area contributed by atoms with E-state index >= 15 is 0 Å². The standard InChI is InChI=1S/C17H31N3S/c1-12(2)9-18-10-14-15(13(3)4)19-16(21-14)20-8-7-17(5,6)11-20/h12-13,18H,7-11H2,1-6H3. The Kier molecular flexibility index (Phi) is 5.31. The van der Waals surface area contributed by atoms with Gasteiger partial charge in [-0.05, 0) is 30.2 Å². The summed E-state index contributed by atoms with van der Waals surface area (Å²) in [6.45, 7) is 18.0. The molecule has 1 aliphatic heterocycles. The third kappa shape index (κ3) is 4.43. The molecule has 0 aromatic carbocycles. The number of thiazole rings is 1. The Morgan fingerprint density at radius 2 is 2.00 bits per heavy atom. The first kappa shape index (κ1) is 16.8. The summed E-state index contributed by atoms with van der Waals surface area (Å²) in [5.41, 5.74) is 1.72. The first-order chi connectivity index (χ1) is 9.78. The molecular formula is C17H31N3S. The molecule has 2 rings (SSSR count). The number of hydrogen-bond donors (Lipinski definition) is 1. The van der Waals surface area contributed by atoms with E-state index in [1.807, 2.05) is 11.3 Å². The second-order valence-electron chi connectivity index (χ2n) is 7.82. The van der Waals surface area contributed by atoms with Crippen LogP contribution in [0.5, 0.6) is 0 Å². The van der Waals surface area contributed by atoms with Crippen LogP contribution in [0.3, 0.4) is 0 Å². The minimum Gasteiger partial charge on any atom is -0.348 e. The van der Waals surface area contributed by atoms with Crippen LogP contribution in [0.25, 0.3) is 0 Å². The van der Waals surface area contributed by atoms with Gasteiger partial charge in [-0.1, -0.05) is 41.5 Å². The number of nitrogens with one attached hydrogen (secondary N) is 1. The number of rotatable bonds is 6. The van der Waals surface area contributed by atoms with Gasteiger partial charge in [0.1, 0.15) is 0 Å². The Bertz CT molecular complexity index is 463. The largest absolute Gasteiger partial charge is 0.348 e. The summed E-state index contributed by atoms with van der Waals surface area (Å²) in [4.78, 5) is 8.86. The van der Waals surface area contributed by atoms with E-state index in [-0.39, 0.29) is 0 Å². The lowest BCUT2D eigenvalue weighted by molar-refractivity contribution is 0.418. The highest BCUT2D eigenvalue weighted by atomic mass is 32.1. The second kappa shape index (κ2) is 6.66. The molecule has 0 unspecified atom stereocenters. The van der Waals surface area contributed by atoms with Crippen molar-refractivity contribution in [3.05, 3.63) is 10.6 Å². The molecule has 3 nitrogen and oxygen atoms in total. The number of aromatic nitrogens is 1. The van der Waals surface area contributed by atoms with E-state index in [0.717, 1.165) is 26.2 Å². The quantitative estimate of drug-likeness (QED) is 0.851. The third-order valence-corrected chi connectivity index (χ3v) is 5.18. The van der Waals surface area contributed by atoms with Gasteiger partial charge in [0, 0.05) is 24.5 Å². The minimum absolute atomic E-state index is 0.430. The van der Waals surface area contributed by atoms with Crippen molar-refractivity contribution in [2.45, 2.75) is 60.4 Å². The van der Waals surface area contributed by atoms with E-state index in [1.165, 1.54) is 22.1 Å². The lowest BCUT2D eigenvalue weighted by Crippen LogP contribution is -2.22. The fourth-order valence-corrected chi connectivity index (χ4v) is 4.02. The zero-order chi connectivity index (χ0) is 15.6. The van der Waals surface area contributed by atoms with Crippen LogP contribution in [-0.2, 0) is 6.54 Å². The Morgan fingerprint density at radius 1 is 1.29 bits per heavy atom. The molecule has 21 heavy (non-hydrogen) atoms. The molecule has 0 saturated carbocycles. The molecule has 0 spiro atoms. The lowest BCUT2D eigenvalue weighted by Gasteiger charge is -2.18. The van der Waals surface area contributed by atoms with Crippen molar-refractivity contribution in [1.82, 2.24) is 10.3 Å². The monoisotopic (exact) mass is 309 g/mol. The minimum atomic E-state index is 0.430. The fourth-order valence-electron chi connectivity index (χ4n) is 2.81. The second-order valence-corrected chi connectivity index (χ2v) is 8.88. The molecule has 0 atom stereocenters. The van der Waals surface area contributed by atoms with Gasteiger partial charge in [0.15, 0.2) is 5.13 Å². The van der Waals surface area contributed by atoms with Crippen molar-refractivity contribution in [1.29, 1.82) is 0 Å². The van der Waals surface area contributed by atoms with Gasteiger partial charge in [-0.15, -0.1) is 11.3 Å². The van der Waals surface area contributed by atoms with Crippen LogP contribution in [0.15, 0.2) is 0 Å². The van der Waals surface area contributed by atoms with Crippen LogP contribution < -0.4 is 10.2 Å². The predicted octanol–water partition coefficient (Wildman–Crippen LogP) is 4.25. The van der Waals surface area contributed by atoms with E-state index in [2.05, 4.69) is 51.8 Å². The van der Waals surface area contributed by atoms with Gasteiger partial charge in [-0.2, -0.15) is 0 Å². The van der Waals surface area contributed by atoms with Gasteiger partial charge in [0.05, 0.1) is 5.69 Å². The average molecular weight is 310 g/mol. The number of anilines is 1.